The maximum atomic E-state index is 10.1. The van der Waals surface area contributed by atoms with Gasteiger partial charge in [-0.25, -0.2) is 0 Å². The molecule has 0 amide bonds. The summed E-state index contributed by atoms with van der Waals surface area (Å²) in [4.78, 5) is 0. The van der Waals surface area contributed by atoms with Crippen molar-refractivity contribution >= 4 is 15.9 Å². The zero-order valence-electron chi connectivity index (χ0n) is 9.98. The summed E-state index contributed by atoms with van der Waals surface area (Å²) >= 11 is 3.42. The van der Waals surface area contributed by atoms with E-state index in [9.17, 15) is 5.11 Å². The van der Waals surface area contributed by atoms with Crippen molar-refractivity contribution in [3.05, 3.63) is 16.4 Å². The Balaban J connectivity index is 2.80. The number of ether oxygens (including phenoxy) is 1. The average Bonchev–Trinajstić information content (AvgIpc) is 2.60. The molecular formula is C11H19BrN2O2. The molecule has 0 aliphatic carbocycles. The van der Waals surface area contributed by atoms with E-state index in [1.807, 2.05) is 11.6 Å². The molecule has 0 saturated carbocycles. The molecule has 0 radical (unpaired) electrons. The molecule has 1 N–H and O–H groups in total. The zero-order chi connectivity index (χ0) is 12.1. The van der Waals surface area contributed by atoms with E-state index in [0.717, 1.165) is 23.1 Å². The number of nitrogens with zero attached hydrogens (tertiary/aromatic N) is 2. The van der Waals surface area contributed by atoms with Crippen molar-refractivity contribution in [3.63, 3.8) is 0 Å². The standard InChI is InChI=1S/C11H19BrN2O2/c1-4-5-14-11(9(12)7-13-14)10(15)6-8(2)16-3/h7-8,10,15H,4-6H2,1-3H3. The fraction of sp³-hybridized carbons (Fsp3) is 0.727. The molecule has 0 fully saturated rings. The van der Waals surface area contributed by atoms with E-state index in [0.29, 0.717) is 6.42 Å². The lowest BCUT2D eigenvalue weighted by atomic mass is 10.1. The highest BCUT2D eigenvalue weighted by molar-refractivity contribution is 9.10. The molecule has 0 aliphatic heterocycles. The zero-order valence-corrected chi connectivity index (χ0v) is 11.6. The predicted molar refractivity (Wildman–Crippen MR) is 66.3 cm³/mol. The van der Waals surface area contributed by atoms with Crippen molar-refractivity contribution in [2.24, 2.45) is 0 Å². The lowest BCUT2D eigenvalue weighted by Gasteiger charge is -2.17. The van der Waals surface area contributed by atoms with Crippen LogP contribution >= 0.6 is 15.9 Å². The first-order chi connectivity index (χ1) is 7.60. The molecule has 1 aromatic heterocycles. The Morgan fingerprint density at radius 1 is 1.62 bits per heavy atom. The Morgan fingerprint density at radius 3 is 2.88 bits per heavy atom. The summed E-state index contributed by atoms with van der Waals surface area (Å²) in [5.41, 5.74) is 0.839. The van der Waals surface area contributed by atoms with Gasteiger partial charge in [-0.3, -0.25) is 4.68 Å². The fourth-order valence-corrected chi connectivity index (χ4v) is 2.18. The van der Waals surface area contributed by atoms with E-state index < -0.39 is 6.10 Å². The third kappa shape index (κ3) is 3.30. The minimum atomic E-state index is -0.543. The summed E-state index contributed by atoms with van der Waals surface area (Å²) in [6.07, 6.45) is 2.79. The summed E-state index contributed by atoms with van der Waals surface area (Å²) in [6.45, 7) is 4.85. The number of aromatic nitrogens is 2. The molecule has 0 bridgehead atoms. The van der Waals surface area contributed by atoms with E-state index in [1.54, 1.807) is 13.3 Å². The van der Waals surface area contributed by atoms with Gasteiger partial charge in [0.25, 0.3) is 0 Å². The number of methoxy groups -OCH3 is 1. The van der Waals surface area contributed by atoms with Crippen molar-refractivity contribution in [1.29, 1.82) is 0 Å². The molecule has 4 nitrogen and oxygen atoms in total. The van der Waals surface area contributed by atoms with Gasteiger partial charge >= 0.3 is 0 Å². The fourth-order valence-electron chi connectivity index (χ4n) is 1.62. The number of hydrogen-bond donors (Lipinski definition) is 1. The third-order valence-corrected chi connectivity index (χ3v) is 3.15. The van der Waals surface area contributed by atoms with Crippen molar-refractivity contribution in [2.45, 2.75) is 45.4 Å². The first kappa shape index (κ1) is 13.7. The summed E-state index contributed by atoms with van der Waals surface area (Å²) in [7, 11) is 1.65. The average molecular weight is 291 g/mol. The SMILES string of the molecule is CCCn1ncc(Br)c1C(O)CC(C)OC. The van der Waals surface area contributed by atoms with Gasteiger partial charge in [-0.2, -0.15) is 5.10 Å². The van der Waals surface area contributed by atoms with E-state index in [4.69, 9.17) is 4.74 Å². The summed E-state index contributed by atoms with van der Waals surface area (Å²) in [5.74, 6) is 0. The molecule has 16 heavy (non-hydrogen) atoms. The summed E-state index contributed by atoms with van der Waals surface area (Å²) in [6, 6.07) is 0. The number of hydrogen-bond acceptors (Lipinski definition) is 3. The second-order valence-corrected chi connectivity index (χ2v) is 4.75. The maximum Gasteiger partial charge on any atom is 0.0992 e. The van der Waals surface area contributed by atoms with Crippen LogP contribution in [0.25, 0.3) is 0 Å². The van der Waals surface area contributed by atoms with Gasteiger partial charge in [-0.15, -0.1) is 0 Å². The van der Waals surface area contributed by atoms with Crippen LogP contribution in [0.2, 0.25) is 0 Å². The van der Waals surface area contributed by atoms with Crippen LogP contribution < -0.4 is 0 Å². The lowest BCUT2D eigenvalue weighted by molar-refractivity contribution is 0.0520. The highest BCUT2D eigenvalue weighted by Gasteiger charge is 2.19. The van der Waals surface area contributed by atoms with Crippen LogP contribution in [0.15, 0.2) is 10.7 Å². The Labute approximate surface area is 105 Å². The topological polar surface area (TPSA) is 47.3 Å². The van der Waals surface area contributed by atoms with E-state index >= 15 is 0 Å². The monoisotopic (exact) mass is 290 g/mol. The van der Waals surface area contributed by atoms with Gasteiger partial charge in [0.15, 0.2) is 0 Å². The largest absolute Gasteiger partial charge is 0.387 e. The van der Waals surface area contributed by atoms with Gasteiger partial charge in [0.2, 0.25) is 0 Å². The smallest absolute Gasteiger partial charge is 0.0992 e. The summed E-state index contributed by atoms with van der Waals surface area (Å²) in [5, 5.41) is 14.4. The molecule has 1 aromatic rings. The van der Waals surface area contributed by atoms with Gasteiger partial charge in [0, 0.05) is 20.1 Å². The number of aliphatic hydroxyl groups excluding tert-OH is 1. The molecule has 92 valence electrons. The number of aryl methyl sites for hydroxylation is 1. The summed E-state index contributed by atoms with van der Waals surface area (Å²) < 4.78 is 7.86. The Bertz CT molecular complexity index is 328. The minimum Gasteiger partial charge on any atom is -0.387 e. The van der Waals surface area contributed by atoms with E-state index in [-0.39, 0.29) is 6.10 Å². The maximum absolute atomic E-state index is 10.1. The lowest BCUT2D eigenvalue weighted by Crippen LogP contribution is -2.15. The Hall–Kier alpha value is -0.390. The number of halogens is 1. The molecule has 0 aromatic carbocycles. The first-order valence-electron chi connectivity index (χ1n) is 5.52. The van der Waals surface area contributed by atoms with Crippen LogP contribution in [0.1, 0.15) is 38.5 Å². The van der Waals surface area contributed by atoms with Gasteiger partial charge in [0.1, 0.15) is 0 Å². The van der Waals surface area contributed by atoms with Crippen LogP contribution in [0.5, 0.6) is 0 Å². The number of rotatable bonds is 6. The molecule has 1 heterocycles. The molecule has 0 aliphatic rings. The van der Waals surface area contributed by atoms with Crippen LogP contribution in [0, 0.1) is 0 Å². The molecule has 0 spiro atoms. The molecule has 2 unspecified atom stereocenters. The molecule has 5 heteroatoms. The van der Waals surface area contributed by atoms with Gasteiger partial charge < -0.3 is 9.84 Å². The molecule has 0 saturated heterocycles. The van der Waals surface area contributed by atoms with Crippen molar-refractivity contribution in [2.75, 3.05) is 7.11 Å². The van der Waals surface area contributed by atoms with Crippen molar-refractivity contribution in [1.82, 2.24) is 9.78 Å². The van der Waals surface area contributed by atoms with Crippen molar-refractivity contribution < 1.29 is 9.84 Å². The Morgan fingerprint density at radius 2 is 2.31 bits per heavy atom. The van der Waals surface area contributed by atoms with Crippen LogP contribution in [0.3, 0.4) is 0 Å². The van der Waals surface area contributed by atoms with Crippen molar-refractivity contribution in [3.8, 4) is 0 Å². The normalized spacial score (nSPS) is 15.1. The quantitative estimate of drug-likeness (QED) is 0.876. The van der Waals surface area contributed by atoms with Gasteiger partial charge in [0.05, 0.1) is 28.6 Å². The highest BCUT2D eigenvalue weighted by atomic mass is 79.9. The Kier molecular flexibility index (Phi) is 5.44. The van der Waals surface area contributed by atoms with E-state index in [2.05, 4.69) is 28.0 Å². The van der Waals surface area contributed by atoms with E-state index in [1.165, 1.54) is 0 Å². The first-order valence-corrected chi connectivity index (χ1v) is 6.31. The van der Waals surface area contributed by atoms with Gasteiger partial charge in [-0.05, 0) is 29.3 Å². The molecular weight excluding hydrogens is 272 g/mol. The third-order valence-electron chi connectivity index (χ3n) is 2.54. The highest BCUT2D eigenvalue weighted by Crippen LogP contribution is 2.27. The second kappa shape index (κ2) is 6.37. The van der Waals surface area contributed by atoms with Crippen LogP contribution in [0.4, 0.5) is 0 Å². The van der Waals surface area contributed by atoms with Crippen LogP contribution in [-0.4, -0.2) is 28.1 Å². The second-order valence-electron chi connectivity index (χ2n) is 3.90. The van der Waals surface area contributed by atoms with Gasteiger partial charge in [-0.1, -0.05) is 6.92 Å². The minimum absolute atomic E-state index is 0.0341. The molecule has 1 rings (SSSR count). The number of aliphatic hydroxyl groups is 1. The van der Waals surface area contributed by atoms with Crippen LogP contribution in [-0.2, 0) is 11.3 Å². The molecule has 2 atom stereocenters. The predicted octanol–water partition coefficient (Wildman–Crippen LogP) is 2.51.